The van der Waals surface area contributed by atoms with E-state index in [4.69, 9.17) is 4.74 Å². The minimum Gasteiger partial charge on any atom is -0.478 e. The number of nitrogens with zero attached hydrogens (tertiary/aromatic N) is 3. The number of aromatic nitrogens is 2. The van der Waals surface area contributed by atoms with Gasteiger partial charge in [0, 0.05) is 42.5 Å². The van der Waals surface area contributed by atoms with E-state index in [-0.39, 0.29) is 0 Å². The van der Waals surface area contributed by atoms with Gasteiger partial charge >= 0.3 is 5.97 Å². The van der Waals surface area contributed by atoms with Crippen molar-refractivity contribution in [2.45, 2.75) is 106 Å². The molecule has 0 amide bonds. The lowest BCUT2D eigenvalue weighted by molar-refractivity contribution is -0.152. The molecule has 0 radical (unpaired) electrons. The van der Waals surface area contributed by atoms with Crippen LogP contribution in [0.25, 0.3) is 0 Å². The van der Waals surface area contributed by atoms with E-state index in [0.717, 1.165) is 48.2 Å². The van der Waals surface area contributed by atoms with Crippen molar-refractivity contribution in [1.29, 1.82) is 0 Å². The van der Waals surface area contributed by atoms with E-state index in [1.54, 1.807) is 30.3 Å². The molecule has 1 aromatic heterocycles. The van der Waals surface area contributed by atoms with E-state index < -0.39 is 11.6 Å². The molecule has 2 heterocycles. The van der Waals surface area contributed by atoms with Gasteiger partial charge in [-0.1, -0.05) is 72.4 Å². The fourth-order valence-electron chi connectivity index (χ4n) is 4.52. The number of carboxylic acid groups (broad SMARTS) is 1. The zero-order valence-corrected chi connectivity index (χ0v) is 32.5. The molecule has 3 aromatic rings. The first-order chi connectivity index (χ1) is 22.2. The molecule has 1 saturated heterocycles. The minimum atomic E-state index is -1.23. The second kappa shape index (κ2) is 24.6. The van der Waals surface area contributed by atoms with Gasteiger partial charge in [0.15, 0.2) is 5.60 Å². The first kappa shape index (κ1) is 45.6. The van der Waals surface area contributed by atoms with E-state index in [2.05, 4.69) is 35.6 Å². The molecule has 4 rings (SSSR count). The second-order valence-electron chi connectivity index (χ2n) is 11.1. The third-order valence-corrected chi connectivity index (χ3v) is 7.57. The number of allylic oxidation sites excluding steroid dienone is 1. The highest BCUT2D eigenvalue weighted by atomic mass is 32.2. The molecule has 1 aliphatic rings. The third kappa shape index (κ3) is 17.3. The predicted octanol–water partition coefficient (Wildman–Crippen LogP) is 9.97. The summed E-state index contributed by atoms with van der Waals surface area (Å²) in [6.07, 6.45) is 8.89. The third-order valence-electron chi connectivity index (χ3n) is 6.83. The van der Waals surface area contributed by atoms with E-state index >= 15 is 0 Å². The highest BCUT2D eigenvalue weighted by Gasteiger charge is 2.31. The number of likely N-dealkylation sites (tertiary alicyclic amines) is 1. The molecule has 0 saturated carbocycles. The van der Waals surface area contributed by atoms with Crippen LogP contribution < -0.4 is 4.74 Å². The van der Waals surface area contributed by atoms with E-state index in [1.165, 1.54) is 22.4 Å². The molecule has 2 aromatic carbocycles. The van der Waals surface area contributed by atoms with Crippen molar-refractivity contribution >= 4 is 24.0 Å². The molecule has 0 spiro atoms. The number of hydrogen-bond acceptors (Lipinski definition) is 6. The number of ether oxygens (including phenoxy) is 1. The minimum absolute atomic E-state index is 0.641. The molecule has 1 unspecified atom stereocenters. The molecular formula is C39H63N3O4S. The summed E-state index contributed by atoms with van der Waals surface area (Å²) < 4.78 is 7.57. The lowest BCUT2D eigenvalue weighted by Gasteiger charge is -2.25. The Labute approximate surface area is 290 Å². The predicted molar refractivity (Wildman–Crippen MR) is 202 cm³/mol. The number of carboxylic acids is 1. The standard InChI is InChI=1S/C20H29NO3.C8H8OS.C5H8N2.3C2H6/c1-13(2)21-8-7-16(12-21)11-17-9-14(3)18(15(4)10-17)24-20(5,6)19(22)23;1-10-8-4-2-7(6-9)3-5-8;1-5-3-6-7(2)4-5;3*1-2/h9-10,16H,1,7-8,11-12H2,2-6H3,(H,22,23);2-6H,1H3;3-4H,1-2H3;3*1-2H3. The van der Waals surface area contributed by atoms with Crippen LogP contribution in [-0.2, 0) is 18.3 Å². The lowest BCUT2D eigenvalue weighted by atomic mass is 9.95. The maximum absolute atomic E-state index is 11.3. The van der Waals surface area contributed by atoms with Gasteiger partial charge in [0.2, 0.25) is 0 Å². The van der Waals surface area contributed by atoms with Gasteiger partial charge in [-0.3, -0.25) is 9.48 Å². The van der Waals surface area contributed by atoms with Gasteiger partial charge in [0.25, 0.3) is 0 Å². The van der Waals surface area contributed by atoms with E-state index in [0.29, 0.717) is 11.7 Å². The van der Waals surface area contributed by atoms with Crippen LogP contribution in [0.5, 0.6) is 5.75 Å². The van der Waals surface area contributed by atoms with Gasteiger partial charge in [-0.15, -0.1) is 11.8 Å². The highest BCUT2D eigenvalue weighted by Crippen LogP contribution is 2.31. The molecule has 47 heavy (non-hydrogen) atoms. The number of aliphatic carboxylic acids is 1. The topological polar surface area (TPSA) is 84.7 Å². The molecule has 1 N–H and O–H groups in total. The number of carbonyl (C=O) groups is 2. The number of carbonyl (C=O) groups excluding carboxylic acids is 1. The molecule has 0 aliphatic carbocycles. The van der Waals surface area contributed by atoms with Crippen LogP contribution in [0.2, 0.25) is 0 Å². The molecule has 8 heteroatoms. The van der Waals surface area contributed by atoms with Crippen LogP contribution in [0.1, 0.15) is 101 Å². The van der Waals surface area contributed by atoms with Gasteiger partial charge < -0.3 is 14.7 Å². The van der Waals surface area contributed by atoms with Gasteiger partial charge in [-0.2, -0.15) is 5.10 Å². The monoisotopic (exact) mass is 669 g/mol. The van der Waals surface area contributed by atoms with Crippen molar-refractivity contribution in [3.8, 4) is 5.75 Å². The molecular weight excluding hydrogens is 607 g/mol. The Morgan fingerprint density at radius 1 is 1.06 bits per heavy atom. The summed E-state index contributed by atoms with van der Waals surface area (Å²) in [5, 5.41) is 13.2. The fourth-order valence-corrected chi connectivity index (χ4v) is 4.93. The molecule has 1 fully saturated rings. The van der Waals surface area contributed by atoms with Crippen molar-refractivity contribution in [2.24, 2.45) is 13.0 Å². The van der Waals surface area contributed by atoms with E-state index in [9.17, 15) is 14.7 Å². The smallest absolute Gasteiger partial charge is 0.347 e. The average Bonchev–Trinajstić information content (AvgIpc) is 3.70. The van der Waals surface area contributed by atoms with Crippen LogP contribution >= 0.6 is 11.8 Å². The molecule has 0 bridgehead atoms. The number of aryl methyl sites for hydroxylation is 4. The largest absolute Gasteiger partial charge is 0.478 e. The van der Waals surface area contributed by atoms with Crippen molar-refractivity contribution in [3.05, 3.63) is 88.9 Å². The lowest BCUT2D eigenvalue weighted by Crippen LogP contribution is -2.38. The number of hydrogen-bond donors (Lipinski definition) is 1. The normalized spacial score (nSPS) is 12.9. The summed E-state index contributed by atoms with van der Waals surface area (Å²) in [5.74, 6) is 0.361. The van der Waals surface area contributed by atoms with Crippen LogP contribution in [0, 0.1) is 26.7 Å². The first-order valence-electron chi connectivity index (χ1n) is 16.7. The Hall–Kier alpha value is -3.52. The SMILES string of the molecule is C=C(C)N1CCC(Cc2cc(C)c(OC(C)(C)C(=O)O)c(C)c2)C1.CC.CC.CC.CSc1ccc(C=O)cc1.Cc1cnn(C)c1. The van der Waals surface area contributed by atoms with Crippen molar-refractivity contribution in [1.82, 2.24) is 14.7 Å². The number of benzene rings is 2. The summed E-state index contributed by atoms with van der Waals surface area (Å²) in [4.78, 5) is 25.0. The zero-order valence-electron chi connectivity index (χ0n) is 31.7. The number of aldehydes is 1. The second-order valence-corrected chi connectivity index (χ2v) is 12.0. The Kier molecular flexibility index (Phi) is 23.9. The Bertz CT molecular complexity index is 1280. The summed E-state index contributed by atoms with van der Waals surface area (Å²) in [5.41, 5.74) is 5.14. The number of thioether (sulfide) groups is 1. The maximum atomic E-state index is 11.3. The fraction of sp³-hybridized carbons (Fsp3) is 0.513. The summed E-state index contributed by atoms with van der Waals surface area (Å²) in [6, 6.07) is 11.8. The zero-order chi connectivity index (χ0) is 36.7. The van der Waals surface area contributed by atoms with Gasteiger partial charge in [-0.05, 0) is 101 Å². The number of rotatable bonds is 8. The van der Waals surface area contributed by atoms with Crippen LogP contribution in [0.4, 0.5) is 0 Å². The summed E-state index contributed by atoms with van der Waals surface area (Å²) in [7, 11) is 1.91. The molecule has 1 aliphatic heterocycles. The van der Waals surface area contributed by atoms with Crippen molar-refractivity contribution in [3.63, 3.8) is 0 Å². The summed E-state index contributed by atoms with van der Waals surface area (Å²) >= 11 is 1.67. The van der Waals surface area contributed by atoms with Crippen molar-refractivity contribution in [2.75, 3.05) is 19.3 Å². The molecule has 1 atom stereocenters. The van der Waals surface area contributed by atoms with Gasteiger partial charge in [0.1, 0.15) is 12.0 Å². The van der Waals surface area contributed by atoms with Crippen LogP contribution in [-0.4, -0.2) is 57.0 Å². The van der Waals surface area contributed by atoms with Crippen molar-refractivity contribution < 1.29 is 19.4 Å². The highest BCUT2D eigenvalue weighted by molar-refractivity contribution is 7.98. The Morgan fingerprint density at radius 3 is 1.94 bits per heavy atom. The first-order valence-corrected chi connectivity index (χ1v) is 18.0. The quantitative estimate of drug-likeness (QED) is 0.189. The van der Waals surface area contributed by atoms with Gasteiger partial charge in [-0.25, -0.2) is 4.79 Å². The maximum Gasteiger partial charge on any atom is 0.347 e. The molecule has 7 nitrogen and oxygen atoms in total. The summed E-state index contributed by atoms with van der Waals surface area (Å²) in [6.45, 7) is 29.4. The Balaban J connectivity index is 0. The van der Waals surface area contributed by atoms with Gasteiger partial charge in [0.05, 0.1) is 6.20 Å². The van der Waals surface area contributed by atoms with Crippen LogP contribution in [0.3, 0.4) is 0 Å². The molecule has 264 valence electrons. The van der Waals surface area contributed by atoms with Crippen LogP contribution in [0.15, 0.2) is 66.0 Å². The van der Waals surface area contributed by atoms with E-state index in [1.807, 2.05) is 112 Å². The average molecular weight is 670 g/mol. The Morgan fingerprint density at radius 2 is 1.60 bits per heavy atom.